The Labute approximate surface area is 141 Å². The number of carbonyl (C=O) groups excluding carboxylic acids is 2. The smallest absolute Gasteiger partial charge is 0.224 e. The number of amides is 2. The number of pyridine rings is 1. The maximum absolute atomic E-state index is 12.1. The maximum Gasteiger partial charge on any atom is 0.224 e. The number of nitrogens with zero attached hydrogens (tertiary/aromatic N) is 1. The van der Waals surface area contributed by atoms with Crippen LogP contribution < -0.4 is 10.6 Å². The molecule has 124 valence electrons. The highest BCUT2D eigenvalue weighted by molar-refractivity contribution is 5.92. The van der Waals surface area contributed by atoms with Gasteiger partial charge in [0.25, 0.3) is 0 Å². The molecule has 0 saturated heterocycles. The molecular formula is C19H21N3O2. The highest BCUT2D eigenvalue weighted by atomic mass is 16.2. The summed E-state index contributed by atoms with van der Waals surface area (Å²) in [4.78, 5) is 28.4. The van der Waals surface area contributed by atoms with Gasteiger partial charge in [0.2, 0.25) is 11.8 Å². The van der Waals surface area contributed by atoms with Crippen molar-refractivity contribution in [3.63, 3.8) is 0 Å². The third-order valence-corrected chi connectivity index (χ3v) is 4.18. The van der Waals surface area contributed by atoms with E-state index in [0.29, 0.717) is 19.5 Å². The molecule has 5 nitrogen and oxygen atoms in total. The van der Waals surface area contributed by atoms with Crippen LogP contribution in [-0.4, -0.2) is 16.8 Å². The van der Waals surface area contributed by atoms with Crippen molar-refractivity contribution in [1.82, 2.24) is 15.6 Å². The molecule has 0 aliphatic heterocycles. The van der Waals surface area contributed by atoms with E-state index < -0.39 is 0 Å². The van der Waals surface area contributed by atoms with E-state index in [9.17, 15) is 9.59 Å². The number of rotatable bonds is 6. The van der Waals surface area contributed by atoms with Gasteiger partial charge in [-0.1, -0.05) is 35.9 Å². The van der Waals surface area contributed by atoms with Crippen molar-refractivity contribution >= 4 is 11.8 Å². The van der Waals surface area contributed by atoms with Crippen molar-refractivity contribution in [2.24, 2.45) is 11.8 Å². The molecule has 1 heterocycles. The van der Waals surface area contributed by atoms with Crippen LogP contribution in [0.5, 0.6) is 0 Å². The quantitative estimate of drug-likeness (QED) is 0.854. The molecule has 2 atom stereocenters. The predicted octanol–water partition coefficient (Wildman–Crippen LogP) is 1.96. The molecule has 1 saturated carbocycles. The standard InChI is InChI=1S/C19H21N3O2/c1-13-5-4-6-14(9-13)11-21-18(23)16-10-17(16)19(24)22-12-15-7-2-3-8-20-15/h2-9,16-17H,10-12H2,1H3,(H,21,23)(H,22,24). The molecule has 0 radical (unpaired) electrons. The van der Waals surface area contributed by atoms with E-state index in [-0.39, 0.29) is 23.7 Å². The maximum atomic E-state index is 12.1. The topological polar surface area (TPSA) is 71.1 Å². The van der Waals surface area contributed by atoms with Crippen LogP contribution in [-0.2, 0) is 22.7 Å². The van der Waals surface area contributed by atoms with Crippen LogP contribution in [0.25, 0.3) is 0 Å². The van der Waals surface area contributed by atoms with E-state index in [1.165, 1.54) is 5.56 Å². The molecule has 3 rings (SSSR count). The second-order valence-electron chi connectivity index (χ2n) is 6.19. The summed E-state index contributed by atoms with van der Waals surface area (Å²) in [5.74, 6) is -0.546. The summed E-state index contributed by atoms with van der Waals surface area (Å²) in [6.45, 7) is 2.92. The number of nitrogens with one attached hydrogen (secondary N) is 2. The number of benzene rings is 1. The van der Waals surface area contributed by atoms with Gasteiger partial charge in [0.05, 0.1) is 24.1 Å². The molecule has 5 heteroatoms. The average Bonchev–Trinajstić information content (AvgIpc) is 3.39. The Hall–Kier alpha value is -2.69. The molecule has 2 N–H and O–H groups in total. The van der Waals surface area contributed by atoms with Gasteiger partial charge in [-0.05, 0) is 31.0 Å². The van der Waals surface area contributed by atoms with Gasteiger partial charge in [-0.3, -0.25) is 14.6 Å². The zero-order valence-electron chi connectivity index (χ0n) is 13.7. The van der Waals surface area contributed by atoms with Crippen LogP contribution in [0.4, 0.5) is 0 Å². The van der Waals surface area contributed by atoms with Crippen LogP contribution in [0.1, 0.15) is 23.2 Å². The number of aromatic nitrogens is 1. The zero-order valence-corrected chi connectivity index (χ0v) is 13.7. The fourth-order valence-corrected chi connectivity index (χ4v) is 2.73. The molecule has 2 amide bonds. The van der Waals surface area contributed by atoms with E-state index >= 15 is 0 Å². The van der Waals surface area contributed by atoms with E-state index in [1.807, 2.05) is 49.4 Å². The van der Waals surface area contributed by atoms with E-state index in [2.05, 4.69) is 15.6 Å². The lowest BCUT2D eigenvalue weighted by molar-refractivity contribution is -0.127. The fourth-order valence-electron chi connectivity index (χ4n) is 2.73. The summed E-state index contributed by atoms with van der Waals surface area (Å²) in [5.41, 5.74) is 3.05. The SMILES string of the molecule is Cc1cccc(CNC(=O)C2CC2C(=O)NCc2ccccn2)c1. The number of hydrogen-bond acceptors (Lipinski definition) is 3. The van der Waals surface area contributed by atoms with Crippen molar-refractivity contribution in [3.05, 3.63) is 65.5 Å². The minimum atomic E-state index is -0.216. The average molecular weight is 323 g/mol. The lowest BCUT2D eigenvalue weighted by atomic mass is 10.1. The lowest BCUT2D eigenvalue weighted by Gasteiger charge is -2.07. The first-order chi connectivity index (χ1) is 11.6. The molecule has 2 aromatic rings. The van der Waals surface area contributed by atoms with Gasteiger partial charge in [-0.15, -0.1) is 0 Å². The predicted molar refractivity (Wildman–Crippen MR) is 90.7 cm³/mol. The monoisotopic (exact) mass is 323 g/mol. The fraction of sp³-hybridized carbons (Fsp3) is 0.316. The molecule has 0 spiro atoms. The van der Waals surface area contributed by atoms with Gasteiger partial charge in [0.15, 0.2) is 0 Å². The summed E-state index contributed by atoms with van der Waals surface area (Å²) in [5, 5.41) is 5.76. The number of hydrogen-bond donors (Lipinski definition) is 2. The van der Waals surface area contributed by atoms with Crippen LogP contribution in [0.2, 0.25) is 0 Å². The van der Waals surface area contributed by atoms with E-state index in [4.69, 9.17) is 0 Å². The molecule has 1 aliphatic rings. The van der Waals surface area contributed by atoms with Gasteiger partial charge < -0.3 is 10.6 Å². The molecular weight excluding hydrogens is 302 g/mol. The summed E-state index contributed by atoms with van der Waals surface area (Å²) >= 11 is 0. The first-order valence-electron chi connectivity index (χ1n) is 8.14. The van der Waals surface area contributed by atoms with Crippen LogP contribution >= 0.6 is 0 Å². The molecule has 0 bridgehead atoms. The molecule has 1 aliphatic carbocycles. The number of aryl methyl sites for hydroxylation is 1. The Bertz CT molecular complexity index is 730. The lowest BCUT2D eigenvalue weighted by Crippen LogP contribution is -2.29. The van der Waals surface area contributed by atoms with E-state index in [0.717, 1.165) is 11.3 Å². The Kier molecular flexibility index (Phi) is 4.89. The largest absolute Gasteiger partial charge is 0.352 e. The molecule has 24 heavy (non-hydrogen) atoms. The van der Waals surface area contributed by atoms with Gasteiger partial charge in [-0.2, -0.15) is 0 Å². The highest BCUT2D eigenvalue weighted by Gasteiger charge is 2.47. The summed E-state index contributed by atoms with van der Waals surface area (Å²) in [6, 6.07) is 13.6. The van der Waals surface area contributed by atoms with Crippen LogP contribution in [0.15, 0.2) is 48.7 Å². The first kappa shape index (κ1) is 16.2. The Morgan fingerprint density at radius 1 is 1.04 bits per heavy atom. The van der Waals surface area contributed by atoms with Gasteiger partial charge >= 0.3 is 0 Å². The normalized spacial score (nSPS) is 18.7. The highest BCUT2D eigenvalue weighted by Crippen LogP contribution is 2.38. The zero-order chi connectivity index (χ0) is 16.9. The third-order valence-electron chi connectivity index (χ3n) is 4.18. The minimum Gasteiger partial charge on any atom is -0.352 e. The Balaban J connectivity index is 1.42. The molecule has 1 aromatic heterocycles. The number of carbonyl (C=O) groups is 2. The van der Waals surface area contributed by atoms with Crippen LogP contribution in [0, 0.1) is 18.8 Å². The van der Waals surface area contributed by atoms with Crippen molar-refractivity contribution in [2.45, 2.75) is 26.4 Å². The first-order valence-corrected chi connectivity index (χ1v) is 8.14. The third kappa shape index (κ3) is 4.19. The van der Waals surface area contributed by atoms with Crippen molar-refractivity contribution in [1.29, 1.82) is 0 Å². The molecule has 1 aromatic carbocycles. The van der Waals surface area contributed by atoms with Gasteiger partial charge in [0.1, 0.15) is 0 Å². The van der Waals surface area contributed by atoms with Gasteiger partial charge in [-0.25, -0.2) is 0 Å². The molecule has 1 fully saturated rings. The summed E-state index contributed by atoms with van der Waals surface area (Å²) in [6.07, 6.45) is 2.31. The minimum absolute atomic E-state index is 0.0468. The second-order valence-corrected chi connectivity index (χ2v) is 6.19. The van der Waals surface area contributed by atoms with Crippen molar-refractivity contribution in [2.75, 3.05) is 0 Å². The summed E-state index contributed by atoms with van der Waals surface area (Å²) < 4.78 is 0. The molecule has 2 unspecified atom stereocenters. The van der Waals surface area contributed by atoms with Crippen molar-refractivity contribution < 1.29 is 9.59 Å². The Morgan fingerprint density at radius 3 is 2.46 bits per heavy atom. The second kappa shape index (κ2) is 7.25. The van der Waals surface area contributed by atoms with Crippen LogP contribution in [0.3, 0.4) is 0 Å². The van der Waals surface area contributed by atoms with Gasteiger partial charge in [0, 0.05) is 12.7 Å². The van der Waals surface area contributed by atoms with E-state index in [1.54, 1.807) is 6.20 Å². The Morgan fingerprint density at radius 2 is 1.79 bits per heavy atom. The van der Waals surface area contributed by atoms with Crippen molar-refractivity contribution in [3.8, 4) is 0 Å². The summed E-state index contributed by atoms with van der Waals surface area (Å²) in [7, 11) is 0.